The number of hydrogen-bond donors (Lipinski definition) is 1. The highest BCUT2D eigenvalue weighted by Gasteiger charge is 2.23. The summed E-state index contributed by atoms with van der Waals surface area (Å²) in [6.45, 7) is 6.56. The largest absolute Gasteiger partial charge is 0.378 e. The number of rotatable bonds is 5. The number of nitrogens with zero attached hydrogens (tertiary/aromatic N) is 3. The van der Waals surface area contributed by atoms with Gasteiger partial charge in [-0.2, -0.15) is 0 Å². The van der Waals surface area contributed by atoms with Gasteiger partial charge in [-0.3, -0.25) is 4.79 Å². The Bertz CT molecular complexity index is 772. The maximum Gasteiger partial charge on any atom is 0.322 e. The van der Waals surface area contributed by atoms with Crippen molar-refractivity contribution in [3.63, 3.8) is 0 Å². The molecular weight excluding hydrogens is 364 g/mol. The van der Waals surface area contributed by atoms with Crippen LogP contribution in [0.5, 0.6) is 0 Å². The van der Waals surface area contributed by atoms with Crippen molar-refractivity contribution in [3.8, 4) is 0 Å². The Morgan fingerprint density at radius 3 is 2.63 bits per heavy atom. The highest BCUT2D eigenvalue weighted by atomic mass is 32.1. The fourth-order valence-electron chi connectivity index (χ4n) is 2.76. The standard InChI is InChI=1S/C19H24N4O3S/c1-14(2)23(19(25)20-15-6-4-3-5-7-15)12-17-21-16(13-27-17)18(24)22-8-10-26-11-9-22/h3-7,13-14H,8-12H2,1-2H3,(H,20,25). The Kier molecular flexibility index (Phi) is 6.41. The predicted molar refractivity (Wildman–Crippen MR) is 105 cm³/mol. The van der Waals surface area contributed by atoms with Crippen LogP contribution in [0, 0.1) is 0 Å². The number of ether oxygens (including phenoxy) is 1. The van der Waals surface area contributed by atoms with Crippen LogP contribution in [0.25, 0.3) is 0 Å². The van der Waals surface area contributed by atoms with Gasteiger partial charge in [-0.15, -0.1) is 11.3 Å². The summed E-state index contributed by atoms with van der Waals surface area (Å²) >= 11 is 1.40. The maximum absolute atomic E-state index is 12.6. The van der Waals surface area contributed by atoms with E-state index in [9.17, 15) is 9.59 Å². The van der Waals surface area contributed by atoms with Crippen LogP contribution in [0.1, 0.15) is 29.3 Å². The molecule has 0 saturated carbocycles. The molecule has 1 aromatic carbocycles. The highest BCUT2D eigenvalue weighted by molar-refractivity contribution is 7.09. The van der Waals surface area contributed by atoms with E-state index < -0.39 is 0 Å². The highest BCUT2D eigenvalue weighted by Crippen LogP contribution is 2.17. The van der Waals surface area contributed by atoms with Crippen LogP contribution in [-0.4, -0.2) is 59.1 Å². The number of thiazole rings is 1. The van der Waals surface area contributed by atoms with Gasteiger partial charge < -0.3 is 19.9 Å². The lowest BCUT2D eigenvalue weighted by atomic mass is 10.3. The molecule has 3 rings (SSSR count). The lowest BCUT2D eigenvalue weighted by Gasteiger charge is -2.26. The fourth-order valence-corrected chi connectivity index (χ4v) is 3.53. The summed E-state index contributed by atoms with van der Waals surface area (Å²) in [6, 6.07) is 9.15. The van der Waals surface area contributed by atoms with Crippen LogP contribution in [0.15, 0.2) is 35.7 Å². The minimum atomic E-state index is -0.188. The number of benzene rings is 1. The van der Waals surface area contributed by atoms with Crippen molar-refractivity contribution in [1.29, 1.82) is 0 Å². The van der Waals surface area contributed by atoms with E-state index in [1.807, 2.05) is 44.2 Å². The van der Waals surface area contributed by atoms with E-state index in [1.165, 1.54) is 11.3 Å². The second-order valence-corrected chi connectivity index (χ2v) is 7.49. The number of aromatic nitrogens is 1. The molecule has 1 saturated heterocycles. The van der Waals surface area contributed by atoms with Crippen molar-refractivity contribution >= 4 is 29.0 Å². The summed E-state index contributed by atoms with van der Waals surface area (Å²) in [5.41, 5.74) is 1.18. The second-order valence-electron chi connectivity index (χ2n) is 6.55. The third-order valence-electron chi connectivity index (χ3n) is 4.28. The number of nitrogens with one attached hydrogen (secondary N) is 1. The molecule has 1 N–H and O–H groups in total. The second kappa shape index (κ2) is 8.96. The molecule has 0 radical (unpaired) electrons. The van der Waals surface area contributed by atoms with Crippen LogP contribution in [0.4, 0.5) is 10.5 Å². The smallest absolute Gasteiger partial charge is 0.322 e. The summed E-state index contributed by atoms with van der Waals surface area (Å²) in [7, 11) is 0. The Hall–Kier alpha value is -2.45. The molecule has 0 unspecified atom stereocenters. The van der Waals surface area contributed by atoms with E-state index in [-0.39, 0.29) is 18.0 Å². The third kappa shape index (κ3) is 5.05. The molecule has 1 fully saturated rings. The number of anilines is 1. The Balaban J connectivity index is 1.65. The van der Waals surface area contributed by atoms with E-state index in [1.54, 1.807) is 15.2 Å². The van der Waals surface area contributed by atoms with Gasteiger partial charge in [0.1, 0.15) is 10.7 Å². The molecule has 144 valence electrons. The number of urea groups is 1. The van der Waals surface area contributed by atoms with Gasteiger partial charge in [-0.25, -0.2) is 9.78 Å². The number of morpholine rings is 1. The normalized spacial score (nSPS) is 14.3. The summed E-state index contributed by atoms with van der Waals surface area (Å²) in [6.07, 6.45) is 0. The molecular formula is C19H24N4O3S. The van der Waals surface area contributed by atoms with Crippen molar-refractivity contribution in [1.82, 2.24) is 14.8 Å². The van der Waals surface area contributed by atoms with Crippen LogP contribution >= 0.6 is 11.3 Å². The van der Waals surface area contributed by atoms with Crippen LogP contribution in [-0.2, 0) is 11.3 Å². The summed E-state index contributed by atoms with van der Waals surface area (Å²) < 4.78 is 5.28. The molecule has 0 bridgehead atoms. The van der Waals surface area contributed by atoms with Crippen molar-refractivity contribution in [2.24, 2.45) is 0 Å². The molecule has 1 aliphatic rings. The first-order valence-corrected chi connectivity index (χ1v) is 9.86. The molecule has 1 aromatic heterocycles. The van der Waals surface area contributed by atoms with E-state index >= 15 is 0 Å². The molecule has 2 heterocycles. The monoisotopic (exact) mass is 388 g/mol. The average Bonchev–Trinajstić information content (AvgIpc) is 3.15. The van der Waals surface area contributed by atoms with Gasteiger partial charge in [0.05, 0.1) is 19.8 Å². The fraction of sp³-hybridized carbons (Fsp3) is 0.421. The Morgan fingerprint density at radius 2 is 1.96 bits per heavy atom. The quantitative estimate of drug-likeness (QED) is 0.854. The van der Waals surface area contributed by atoms with Crippen molar-refractivity contribution in [2.45, 2.75) is 26.4 Å². The Morgan fingerprint density at radius 1 is 1.26 bits per heavy atom. The molecule has 3 amide bonds. The van der Waals surface area contributed by atoms with Gasteiger partial charge in [-0.1, -0.05) is 18.2 Å². The first kappa shape index (κ1) is 19.3. The summed E-state index contributed by atoms with van der Waals surface area (Å²) in [5.74, 6) is -0.0781. The molecule has 1 aliphatic heterocycles. The van der Waals surface area contributed by atoms with E-state index in [2.05, 4.69) is 10.3 Å². The first-order valence-electron chi connectivity index (χ1n) is 8.98. The van der Waals surface area contributed by atoms with Crippen LogP contribution in [0.3, 0.4) is 0 Å². The van der Waals surface area contributed by atoms with Crippen molar-refractivity contribution < 1.29 is 14.3 Å². The van der Waals surface area contributed by atoms with Crippen molar-refractivity contribution in [3.05, 3.63) is 46.4 Å². The lowest BCUT2D eigenvalue weighted by Crippen LogP contribution is -2.41. The molecule has 7 nitrogen and oxygen atoms in total. The molecule has 0 atom stereocenters. The summed E-state index contributed by atoms with van der Waals surface area (Å²) in [4.78, 5) is 33.1. The minimum absolute atomic E-state index is 0.00370. The number of para-hydroxylation sites is 1. The van der Waals surface area contributed by atoms with Gasteiger partial charge in [0, 0.05) is 30.2 Å². The SMILES string of the molecule is CC(C)N(Cc1nc(C(=O)N2CCOCC2)cs1)C(=O)Nc1ccccc1. The van der Waals surface area contributed by atoms with Crippen molar-refractivity contribution in [2.75, 3.05) is 31.6 Å². The van der Waals surface area contributed by atoms with Gasteiger partial charge in [0.2, 0.25) is 0 Å². The topological polar surface area (TPSA) is 74.8 Å². The van der Waals surface area contributed by atoms with E-state index in [0.717, 1.165) is 10.7 Å². The zero-order chi connectivity index (χ0) is 19.2. The number of amides is 3. The number of carbonyl (C=O) groups excluding carboxylic acids is 2. The molecule has 8 heteroatoms. The number of carbonyl (C=O) groups is 2. The van der Waals surface area contributed by atoms with E-state index in [0.29, 0.717) is 38.5 Å². The van der Waals surface area contributed by atoms with Gasteiger partial charge in [0.25, 0.3) is 5.91 Å². The summed E-state index contributed by atoms with van der Waals surface area (Å²) in [5, 5.41) is 5.40. The molecule has 0 aliphatic carbocycles. The maximum atomic E-state index is 12.6. The lowest BCUT2D eigenvalue weighted by molar-refractivity contribution is 0.0299. The minimum Gasteiger partial charge on any atom is -0.378 e. The predicted octanol–water partition coefficient (Wildman–Crippen LogP) is 3.06. The van der Waals surface area contributed by atoms with Gasteiger partial charge >= 0.3 is 6.03 Å². The Labute approximate surface area is 162 Å². The first-order chi connectivity index (χ1) is 13.0. The zero-order valence-corrected chi connectivity index (χ0v) is 16.4. The van der Waals surface area contributed by atoms with E-state index in [4.69, 9.17) is 4.74 Å². The average molecular weight is 388 g/mol. The third-order valence-corrected chi connectivity index (χ3v) is 5.12. The van der Waals surface area contributed by atoms with Crippen LogP contribution in [0.2, 0.25) is 0 Å². The van der Waals surface area contributed by atoms with Crippen LogP contribution < -0.4 is 5.32 Å². The number of hydrogen-bond acceptors (Lipinski definition) is 5. The molecule has 2 aromatic rings. The zero-order valence-electron chi connectivity index (χ0n) is 15.6. The van der Waals surface area contributed by atoms with Gasteiger partial charge in [0.15, 0.2) is 0 Å². The molecule has 27 heavy (non-hydrogen) atoms. The van der Waals surface area contributed by atoms with Gasteiger partial charge in [-0.05, 0) is 26.0 Å². The molecule has 0 spiro atoms.